The van der Waals surface area contributed by atoms with Gasteiger partial charge in [-0.25, -0.2) is 15.0 Å². The van der Waals surface area contributed by atoms with Crippen LogP contribution in [0.25, 0.3) is 22.4 Å². The molecule has 0 saturated carbocycles. The maximum atomic E-state index is 4.82. The Labute approximate surface area is 152 Å². The van der Waals surface area contributed by atoms with Crippen LogP contribution in [0, 0.1) is 0 Å². The lowest BCUT2D eigenvalue weighted by atomic mass is 10.2. The lowest BCUT2D eigenvalue weighted by Crippen LogP contribution is -2.14. The summed E-state index contributed by atoms with van der Waals surface area (Å²) in [4.78, 5) is 13.9. The number of rotatable bonds is 5. The van der Waals surface area contributed by atoms with Crippen molar-refractivity contribution in [1.29, 1.82) is 0 Å². The first-order chi connectivity index (χ1) is 12.8. The van der Waals surface area contributed by atoms with Gasteiger partial charge in [-0.1, -0.05) is 42.5 Å². The molecule has 0 amide bonds. The van der Waals surface area contributed by atoms with E-state index in [0.29, 0.717) is 5.82 Å². The molecule has 0 bridgehead atoms. The molecule has 130 valence electrons. The summed E-state index contributed by atoms with van der Waals surface area (Å²) in [5.41, 5.74) is 3.18. The van der Waals surface area contributed by atoms with Crippen molar-refractivity contribution >= 4 is 16.9 Å². The predicted octanol–water partition coefficient (Wildman–Crippen LogP) is 4.69. The molecule has 0 fully saturated rings. The third-order valence-electron chi connectivity index (χ3n) is 4.44. The van der Waals surface area contributed by atoms with Crippen LogP contribution < -0.4 is 5.32 Å². The molecule has 0 radical (unpaired) electrons. The van der Waals surface area contributed by atoms with Gasteiger partial charge >= 0.3 is 0 Å². The number of para-hydroxylation sites is 2. The van der Waals surface area contributed by atoms with E-state index in [1.807, 2.05) is 42.5 Å². The molecule has 2 aromatic carbocycles. The van der Waals surface area contributed by atoms with Crippen LogP contribution in [0.2, 0.25) is 0 Å². The maximum absolute atomic E-state index is 4.82. The third kappa shape index (κ3) is 3.04. The van der Waals surface area contributed by atoms with E-state index in [-0.39, 0.29) is 6.04 Å². The van der Waals surface area contributed by atoms with Gasteiger partial charge in [-0.15, -0.1) is 0 Å². The first-order valence-electron chi connectivity index (χ1n) is 8.86. The zero-order valence-corrected chi connectivity index (χ0v) is 14.9. The van der Waals surface area contributed by atoms with Gasteiger partial charge in [0, 0.05) is 18.3 Å². The summed E-state index contributed by atoms with van der Waals surface area (Å²) in [7, 11) is 0. The van der Waals surface area contributed by atoms with Gasteiger partial charge in [0.1, 0.15) is 11.6 Å². The Morgan fingerprint density at radius 3 is 2.54 bits per heavy atom. The highest BCUT2D eigenvalue weighted by atomic mass is 15.1. The summed E-state index contributed by atoms with van der Waals surface area (Å²) in [5.74, 6) is 2.52. The van der Waals surface area contributed by atoms with Crippen molar-refractivity contribution in [1.82, 2.24) is 19.5 Å². The lowest BCUT2D eigenvalue weighted by Gasteiger charge is -2.16. The Hall–Kier alpha value is -3.21. The summed E-state index contributed by atoms with van der Waals surface area (Å²) < 4.78 is 2.24. The van der Waals surface area contributed by atoms with Gasteiger partial charge in [0.15, 0.2) is 5.82 Å². The standard InChI is InChI=1S/C21H21N5/c1-3-26-18-12-8-7-11-17(18)24-21(26)15(2)23-19-13-14-22-20(25-19)16-9-5-4-6-10-16/h4-15H,3H2,1-2H3,(H,22,23,25)/t15-/m0/s1. The van der Waals surface area contributed by atoms with Gasteiger partial charge in [0.05, 0.1) is 17.1 Å². The van der Waals surface area contributed by atoms with Crippen LogP contribution in [-0.2, 0) is 6.54 Å². The van der Waals surface area contributed by atoms with Crippen molar-refractivity contribution in [2.45, 2.75) is 26.4 Å². The van der Waals surface area contributed by atoms with Gasteiger partial charge < -0.3 is 9.88 Å². The van der Waals surface area contributed by atoms with Crippen LogP contribution in [0.3, 0.4) is 0 Å². The second kappa shape index (κ2) is 6.96. The molecule has 0 unspecified atom stereocenters. The van der Waals surface area contributed by atoms with Crippen LogP contribution >= 0.6 is 0 Å². The van der Waals surface area contributed by atoms with Crippen molar-refractivity contribution in [3.8, 4) is 11.4 Å². The number of aryl methyl sites for hydroxylation is 1. The van der Waals surface area contributed by atoms with Gasteiger partial charge in [0.2, 0.25) is 0 Å². The highest BCUT2D eigenvalue weighted by Gasteiger charge is 2.16. The van der Waals surface area contributed by atoms with Gasteiger partial charge in [0.25, 0.3) is 0 Å². The Kier molecular flexibility index (Phi) is 4.35. The SMILES string of the molecule is CCn1c([C@H](C)Nc2ccnc(-c3ccccc3)n2)nc2ccccc21. The Morgan fingerprint density at radius 2 is 1.73 bits per heavy atom. The van der Waals surface area contributed by atoms with Crippen LogP contribution in [-0.4, -0.2) is 19.5 Å². The monoisotopic (exact) mass is 343 g/mol. The largest absolute Gasteiger partial charge is 0.360 e. The summed E-state index contributed by atoms with van der Waals surface area (Å²) in [5, 5.41) is 3.47. The van der Waals surface area contributed by atoms with E-state index in [1.54, 1.807) is 6.20 Å². The molecule has 4 rings (SSSR count). The average molecular weight is 343 g/mol. The van der Waals surface area contributed by atoms with Crippen molar-refractivity contribution in [2.24, 2.45) is 0 Å². The lowest BCUT2D eigenvalue weighted by molar-refractivity contribution is 0.672. The molecule has 0 spiro atoms. The number of imidazole rings is 1. The first-order valence-corrected chi connectivity index (χ1v) is 8.86. The molecule has 1 N–H and O–H groups in total. The van der Waals surface area contributed by atoms with Crippen LogP contribution in [0.1, 0.15) is 25.7 Å². The van der Waals surface area contributed by atoms with Crippen molar-refractivity contribution in [3.05, 3.63) is 72.7 Å². The normalized spacial score (nSPS) is 12.2. The quantitative estimate of drug-likeness (QED) is 0.571. The molecule has 0 aliphatic heterocycles. The summed E-state index contributed by atoms with van der Waals surface area (Å²) in [6.45, 7) is 5.13. The molecule has 5 nitrogen and oxygen atoms in total. The van der Waals surface area contributed by atoms with E-state index in [1.165, 1.54) is 0 Å². The number of hydrogen-bond acceptors (Lipinski definition) is 4. The molecule has 26 heavy (non-hydrogen) atoms. The molecular weight excluding hydrogens is 322 g/mol. The minimum atomic E-state index is 0.0286. The average Bonchev–Trinajstić information content (AvgIpc) is 3.08. The minimum Gasteiger partial charge on any atom is -0.360 e. The molecule has 0 saturated heterocycles. The molecule has 4 aromatic rings. The van der Waals surface area contributed by atoms with Gasteiger partial charge in [-0.3, -0.25) is 0 Å². The number of hydrogen-bond donors (Lipinski definition) is 1. The van der Waals surface area contributed by atoms with Gasteiger partial charge in [-0.2, -0.15) is 0 Å². The minimum absolute atomic E-state index is 0.0286. The molecule has 0 aliphatic carbocycles. The summed E-state index contributed by atoms with van der Waals surface area (Å²) >= 11 is 0. The summed E-state index contributed by atoms with van der Waals surface area (Å²) in [6.07, 6.45) is 1.78. The number of aromatic nitrogens is 4. The Balaban J connectivity index is 1.64. The van der Waals surface area contributed by atoms with Crippen LogP contribution in [0.15, 0.2) is 66.9 Å². The smallest absolute Gasteiger partial charge is 0.161 e. The topological polar surface area (TPSA) is 55.6 Å². The van der Waals surface area contributed by atoms with Gasteiger partial charge in [-0.05, 0) is 32.0 Å². The highest BCUT2D eigenvalue weighted by molar-refractivity contribution is 5.76. The number of nitrogens with one attached hydrogen (secondary N) is 1. The third-order valence-corrected chi connectivity index (χ3v) is 4.44. The predicted molar refractivity (Wildman–Crippen MR) is 105 cm³/mol. The van der Waals surface area contributed by atoms with E-state index < -0.39 is 0 Å². The van der Waals surface area contributed by atoms with Crippen molar-refractivity contribution < 1.29 is 0 Å². The van der Waals surface area contributed by atoms with E-state index in [0.717, 1.165) is 34.8 Å². The number of anilines is 1. The fraction of sp³-hybridized carbons (Fsp3) is 0.190. The first kappa shape index (κ1) is 16.3. The molecule has 2 aromatic heterocycles. The van der Waals surface area contributed by atoms with E-state index in [4.69, 9.17) is 4.98 Å². The second-order valence-corrected chi connectivity index (χ2v) is 6.20. The van der Waals surface area contributed by atoms with E-state index in [9.17, 15) is 0 Å². The van der Waals surface area contributed by atoms with Crippen LogP contribution in [0.5, 0.6) is 0 Å². The second-order valence-electron chi connectivity index (χ2n) is 6.20. The molecular formula is C21H21N5. The molecule has 5 heteroatoms. The Morgan fingerprint density at radius 1 is 0.962 bits per heavy atom. The van der Waals surface area contributed by atoms with E-state index >= 15 is 0 Å². The molecule has 2 heterocycles. The zero-order valence-electron chi connectivity index (χ0n) is 14.9. The number of fused-ring (bicyclic) bond motifs is 1. The highest BCUT2D eigenvalue weighted by Crippen LogP contribution is 2.24. The fourth-order valence-corrected chi connectivity index (χ4v) is 3.21. The maximum Gasteiger partial charge on any atom is 0.161 e. The van der Waals surface area contributed by atoms with E-state index in [2.05, 4.69) is 51.9 Å². The summed E-state index contributed by atoms with van der Waals surface area (Å²) in [6, 6.07) is 20.2. The number of benzene rings is 2. The number of nitrogens with zero attached hydrogens (tertiary/aromatic N) is 4. The zero-order chi connectivity index (χ0) is 17.9. The fourth-order valence-electron chi connectivity index (χ4n) is 3.21. The molecule has 1 atom stereocenters. The Bertz CT molecular complexity index is 1020. The molecule has 0 aliphatic rings. The van der Waals surface area contributed by atoms with Crippen molar-refractivity contribution in [3.63, 3.8) is 0 Å². The van der Waals surface area contributed by atoms with Crippen molar-refractivity contribution in [2.75, 3.05) is 5.32 Å². The van der Waals surface area contributed by atoms with Crippen LogP contribution in [0.4, 0.5) is 5.82 Å².